The first kappa shape index (κ1) is 16.2. The average Bonchev–Trinajstić information content (AvgIpc) is 2.35. The molecule has 2 rings (SSSR count). The van der Waals surface area contributed by atoms with E-state index in [-0.39, 0.29) is 6.54 Å². The Hall–Kier alpha value is -0.810. The number of nitrogens with zero attached hydrogens (tertiary/aromatic N) is 1. The van der Waals surface area contributed by atoms with Crippen molar-refractivity contribution in [2.75, 3.05) is 32.8 Å². The van der Waals surface area contributed by atoms with Crippen molar-refractivity contribution in [1.29, 1.82) is 0 Å². The van der Waals surface area contributed by atoms with Gasteiger partial charge in [0.1, 0.15) is 0 Å². The van der Waals surface area contributed by atoms with Gasteiger partial charge in [-0.2, -0.15) is 0 Å². The van der Waals surface area contributed by atoms with Crippen molar-refractivity contribution in [2.24, 2.45) is 0 Å². The molecule has 0 spiro atoms. The Bertz CT molecular complexity index is 420. The Morgan fingerprint density at radius 3 is 2.47 bits per heavy atom. The number of benzene rings is 1. The number of halogens is 2. The summed E-state index contributed by atoms with van der Waals surface area (Å²) in [5.41, 5.74) is 1.06. The quantitative estimate of drug-likeness (QED) is 0.913. The molecule has 1 saturated heterocycles. The Kier molecular flexibility index (Phi) is 7.16. The van der Waals surface area contributed by atoms with E-state index in [2.05, 4.69) is 0 Å². The van der Waals surface area contributed by atoms with Crippen LogP contribution in [-0.2, 0) is 9.53 Å². The summed E-state index contributed by atoms with van der Waals surface area (Å²) in [5.74, 6) is -0.762. The van der Waals surface area contributed by atoms with Crippen LogP contribution in [0, 0.1) is 6.92 Å². The lowest BCUT2D eigenvalue weighted by Crippen LogP contribution is -2.39. The number of carboxylic acids is 1. The Morgan fingerprint density at radius 2 is 2.00 bits per heavy atom. The van der Waals surface area contributed by atoms with Gasteiger partial charge in [-0.1, -0.05) is 29.3 Å². The lowest BCUT2D eigenvalue weighted by Gasteiger charge is -2.24. The normalized spacial score (nSPS) is 15.5. The van der Waals surface area contributed by atoms with Crippen molar-refractivity contribution in [3.05, 3.63) is 33.8 Å². The molecule has 1 fully saturated rings. The molecule has 106 valence electrons. The zero-order valence-corrected chi connectivity index (χ0v) is 12.2. The Balaban J connectivity index is 0.000000191. The molecule has 0 radical (unpaired) electrons. The van der Waals surface area contributed by atoms with Crippen LogP contribution in [0.1, 0.15) is 5.56 Å². The summed E-state index contributed by atoms with van der Waals surface area (Å²) in [6.07, 6.45) is 0. The van der Waals surface area contributed by atoms with Crippen LogP contribution in [0.3, 0.4) is 0 Å². The van der Waals surface area contributed by atoms with Crippen molar-refractivity contribution < 1.29 is 14.6 Å². The number of hydrogen-bond donors (Lipinski definition) is 1. The molecule has 6 heteroatoms. The smallest absolute Gasteiger partial charge is 0.317 e. The topological polar surface area (TPSA) is 49.8 Å². The number of rotatable bonds is 2. The van der Waals surface area contributed by atoms with Crippen LogP contribution in [-0.4, -0.2) is 48.8 Å². The molecule has 1 aliphatic rings. The summed E-state index contributed by atoms with van der Waals surface area (Å²) in [5, 5.41) is 9.79. The predicted molar refractivity (Wildman–Crippen MR) is 76.1 cm³/mol. The first-order valence-corrected chi connectivity index (χ1v) is 6.68. The van der Waals surface area contributed by atoms with Gasteiger partial charge < -0.3 is 9.84 Å². The third-order valence-electron chi connectivity index (χ3n) is 2.60. The second-order valence-electron chi connectivity index (χ2n) is 4.18. The minimum atomic E-state index is -0.762. The molecule has 0 bridgehead atoms. The van der Waals surface area contributed by atoms with E-state index in [9.17, 15) is 4.79 Å². The fourth-order valence-electron chi connectivity index (χ4n) is 1.52. The molecule has 19 heavy (non-hydrogen) atoms. The Labute approximate surface area is 122 Å². The minimum Gasteiger partial charge on any atom is -0.480 e. The third kappa shape index (κ3) is 6.78. The van der Waals surface area contributed by atoms with Gasteiger partial charge in [0.05, 0.1) is 19.8 Å². The highest BCUT2D eigenvalue weighted by Gasteiger charge is 2.12. The van der Waals surface area contributed by atoms with E-state index < -0.39 is 5.97 Å². The Morgan fingerprint density at radius 1 is 1.37 bits per heavy atom. The van der Waals surface area contributed by atoms with Crippen molar-refractivity contribution in [3.63, 3.8) is 0 Å². The van der Waals surface area contributed by atoms with Crippen LogP contribution >= 0.6 is 23.2 Å². The van der Waals surface area contributed by atoms with E-state index >= 15 is 0 Å². The number of aliphatic carboxylic acids is 1. The molecule has 1 aromatic carbocycles. The molecule has 4 nitrogen and oxygen atoms in total. The summed E-state index contributed by atoms with van der Waals surface area (Å²) < 4.78 is 5.05. The molecular weight excluding hydrogens is 289 g/mol. The van der Waals surface area contributed by atoms with E-state index in [1.807, 2.05) is 24.0 Å². The molecule has 0 aliphatic carbocycles. The van der Waals surface area contributed by atoms with E-state index in [1.54, 1.807) is 6.07 Å². The lowest BCUT2D eigenvalue weighted by atomic mass is 10.2. The number of aryl methyl sites for hydroxylation is 1. The first-order valence-electron chi connectivity index (χ1n) is 5.92. The second kappa shape index (κ2) is 8.38. The van der Waals surface area contributed by atoms with Crippen LogP contribution in [0.2, 0.25) is 10.0 Å². The summed E-state index contributed by atoms with van der Waals surface area (Å²) in [6, 6.07) is 5.45. The van der Waals surface area contributed by atoms with Gasteiger partial charge in [0.15, 0.2) is 0 Å². The maximum absolute atomic E-state index is 10.2. The highest BCUT2D eigenvalue weighted by Crippen LogP contribution is 2.19. The zero-order chi connectivity index (χ0) is 14.3. The molecule has 0 amide bonds. The molecule has 1 aliphatic heterocycles. The van der Waals surface area contributed by atoms with Crippen LogP contribution < -0.4 is 0 Å². The van der Waals surface area contributed by atoms with Gasteiger partial charge in [0.25, 0.3) is 0 Å². The number of carbonyl (C=O) groups is 1. The third-order valence-corrected chi connectivity index (χ3v) is 3.24. The van der Waals surface area contributed by atoms with Gasteiger partial charge in [0, 0.05) is 23.1 Å². The molecule has 0 aromatic heterocycles. The lowest BCUT2D eigenvalue weighted by molar-refractivity contribution is -0.139. The fourth-order valence-corrected chi connectivity index (χ4v) is 1.93. The minimum absolute atomic E-state index is 0.142. The highest BCUT2D eigenvalue weighted by molar-refractivity contribution is 6.35. The van der Waals surface area contributed by atoms with Gasteiger partial charge in [-0.25, -0.2) is 0 Å². The molecule has 1 N–H and O–H groups in total. The van der Waals surface area contributed by atoms with Gasteiger partial charge in [-0.15, -0.1) is 0 Å². The fraction of sp³-hybridized carbons (Fsp3) is 0.462. The number of morpholine rings is 1. The molecular formula is C13H17Cl2NO3. The monoisotopic (exact) mass is 305 g/mol. The van der Waals surface area contributed by atoms with Crippen molar-refractivity contribution in [2.45, 2.75) is 6.92 Å². The van der Waals surface area contributed by atoms with Crippen LogP contribution in [0.15, 0.2) is 18.2 Å². The van der Waals surface area contributed by atoms with E-state index in [0.717, 1.165) is 23.7 Å². The van der Waals surface area contributed by atoms with Crippen LogP contribution in [0.5, 0.6) is 0 Å². The van der Waals surface area contributed by atoms with Crippen molar-refractivity contribution in [1.82, 2.24) is 4.90 Å². The van der Waals surface area contributed by atoms with Gasteiger partial charge in [-0.05, 0) is 24.6 Å². The number of carboxylic acid groups (broad SMARTS) is 1. The molecule has 0 saturated carbocycles. The van der Waals surface area contributed by atoms with E-state index in [4.69, 9.17) is 33.0 Å². The summed E-state index contributed by atoms with van der Waals surface area (Å²) in [6.45, 7) is 4.89. The maximum Gasteiger partial charge on any atom is 0.317 e. The van der Waals surface area contributed by atoms with E-state index in [0.29, 0.717) is 18.2 Å². The number of hydrogen-bond acceptors (Lipinski definition) is 3. The summed E-state index contributed by atoms with van der Waals surface area (Å²) >= 11 is 11.4. The van der Waals surface area contributed by atoms with E-state index in [1.165, 1.54) is 0 Å². The summed E-state index contributed by atoms with van der Waals surface area (Å²) in [4.78, 5) is 12.1. The zero-order valence-electron chi connectivity index (χ0n) is 10.7. The molecule has 1 aromatic rings. The maximum atomic E-state index is 10.2. The van der Waals surface area contributed by atoms with Gasteiger partial charge in [0.2, 0.25) is 0 Å². The largest absolute Gasteiger partial charge is 0.480 e. The summed E-state index contributed by atoms with van der Waals surface area (Å²) in [7, 11) is 0. The molecule has 0 unspecified atom stereocenters. The molecule has 0 atom stereocenters. The van der Waals surface area contributed by atoms with Gasteiger partial charge >= 0.3 is 5.97 Å². The van der Waals surface area contributed by atoms with Crippen LogP contribution in [0.25, 0.3) is 0 Å². The van der Waals surface area contributed by atoms with Gasteiger partial charge in [-0.3, -0.25) is 9.69 Å². The predicted octanol–water partition coefficient (Wildman–Crippen LogP) is 2.71. The van der Waals surface area contributed by atoms with Crippen LogP contribution in [0.4, 0.5) is 0 Å². The SMILES string of the molecule is Cc1ccc(Cl)cc1Cl.O=C(O)CN1CCOCC1. The van der Waals surface area contributed by atoms with Crippen molar-refractivity contribution >= 4 is 29.2 Å². The van der Waals surface area contributed by atoms with Crippen molar-refractivity contribution in [3.8, 4) is 0 Å². The molecule has 1 heterocycles. The highest BCUT2D eigenvalue weighted by atomic mass is 35.5. The second-order valence-corrected chi connectivity index (χ2v) is 5.02. The number of ether oxygens (including phenoxy) is 1. The average molecular weight is 306 g/mol. The standard InChI is InChI=1S/C7H6Cl2.C6H11NO3/c1-5-2-3-6(8)4-7(5)9;8-6(9)5-7-1-3-10-4-2-7/h2-4H,1H3;1-5H2,(H,8,9). The first-order chi connectivity index (χ1) is 8.99.